The van der Waals surface area contributed by atoms with Crippen molar-refractivity contribution in [2.45, 2.75) is 39.0 Å². The van der Waals surface area contributed by atoms with E-state index in [0.717, 1.165) is 26.9 Å². The van der Waals surface area contributed by atoms with Crippen LogP contribution in [0.3, 0.4) is 0 Å². The van der Waals surface area contributed by atoms with Crippen molar-refractivity contribution in [3.05, 3.63) is 21.1 Å². The Kier molecular flexibility index (Phi) is 7.75. The van der Waals surface area contributed by atoms with Crippen molar-refractivity contribution in [1.82, 2.24) is 0 Å². The number of ether oxygens (including phenoxy) is 1. The van der Waals surface area contributed by atoms with Gasteiger partial charge in [-0.3, -0.25) is 0 Å². The molecule has 102 valence electrons. The van der Waals surface area contributed by atoms with Crippen molar-refractivity contribution in [2.75, 3.05) is 19.0 Å². The highest BCUT2D eigenvalue weighted by Crippen LogP contribution is 2.34. The fraction of sp³-hybridized carbons (Fsp3) is 0.571. The zero-order valence-electron chi connectivity index (χ0n) is 11.1. The molecule has 0 aromatic heterocycles. The Bertz CT molecular complexity index is 369. The number of methoxy groups -OCH3 is 1. The monoisotopic (exact) mass is 377 g/mol. The molecule has 4 heteroatoms. The third-order valence-corrected chi connectivity index (χ3v) is 4.11. The van der Waals surface area contributed by atoms with Crippen LogP contribution in [0.4, 0.5) is 5.69 Å². The molecule has 1 N–H and O–H groups in total. The average molecular weight is 379 g/mol. The largest absolute Gasteiger partial charge is 0.495 e. The Morgan fingerprint density at radius 2 is 1.78 bits per heavy atom. The fourth-order valence-electron chi connectivity index (χ4n) is 1.77. The van der Waals surface area contributed by atoms with Gasteiger partial charge in [0.2, 0.25) is 0 Å². The summed E-state index contributed by atoms with van der Waals surface area (Å²) >= 11 is 7.03. The first-order valence-electron chi connectivity index (χ1n) is 6.46. The molecule has 0 amide bonds. The highest BCUT2D eigenvalue weighted by molar-refractivity contribution is 9.11. The Balaban J connectivity index is 2.42. The van der Waals surface area contributed by atoms with Gasteiger partial charge >= 0.3 is 0 Å². The summed E-state index contributed by atoms with van der Waals surface area (Å²) in [5.41, 5.74) is 1.09. The summed E-state index contributed by atoms with van der Waals surface area (Å²) in [6.07, 6.45) is 6.48. The lowest BCUT2D eigenvalue weighted by Gasteiger charge is -2.11. The smallest absolute Gasteiger partial charge is 0.135 e. The Morgan fingerprint density at radius 1 is 1.06 bits per heavy atom. The SMILES string of the molecule is CCCCCCCNc1cc(OC)c(Br)cc1Br. The topological polar surface area (TPSA) is 21.3 Å². The molecule has 0 aliphatic heterocycles. The molecule has 0 radical (unpaired) electrons. The molecule has 0 aliphatic rings. The van der Waals surface area contributed by atoms with Crippen molar-refractivity contribution >= 4 is 37.5 Å². The summed E-state index contributed by atoms with van der Waals surface area (Å²) in [6, 6.07) is 4.03. The van der Waals surface area contributed by atoms with Gasteiger partial charge in [0.05, 0.1) is 17.3 Å². The molecule has 0 saturated carbocycles. The number of nitrogens with one attached hydrogen (secondary N) is 1. The summed E-state index contributed by atoms with van der Waals surface area (Å²) in [5.74, 6) is 0.853. The van der Waals surface area contributed by atoms with Crippen LogP contribution in [-0.4, -0.2) is 13.7 Å². The van der Waals surface area contributed by atoms with E-state index < -0.39 is 0 Å². The van der Waals surface area contributed by atoms with Gasteiger partial charge in [-0.05, 0) is 44.3 Å². The van der Waals surface area contributed by atoms with Crippen LogP contribution in [0, 0.1) is 0 Å². The predicted octanol–water partition coefficient (Wildman–Crippen LogP) is 5.60. The average Bonchev–Trinajstić information content (AvgIpc) is 2.36. The number of benzene rings is 1. The second kappa shape index (κ2) is 8.81. The van der Waals surface area contributed by atoms with Gasteiger partial charge in [0.1, 0.15) is 5.75 Å². The molecular weight excluding hydrogens is 358 g/mol. The Labute approximate surface area is 127 Å². The van der Waals surface area contributed by atoms with Gasteiger partial charge in [0.25, 0.3) is 0 Å². The maximum Gasteiger partial charge on any atom is 0.135 e. The molecule has 0 heterocycles. The number of halogens is 2. The summed E-state index contributed by atoms with van der Waals surface area (Å²) in [7, 11) is 1.68. The zero-order chi connectivity index (χ0) is 13.4. The van der Waals surface area contributed by atoms with Gasteiger partial charge < -0.3 is 10.1 Å². The number of hydrogen-bond acceptors (Lipinski definition) is 2. The number of hydrogen-bond donors (Lipinski definition) is 1. The molecule has 1 aromatic carbocycles. The Morgan fingerprint density at radius 3 is 2.44 bits per heavy atom. The van der Waals surface area contributed by atoms with Gasteiger partial charge in [-0.1, -0.05) is 32.6 Å². The van der Waals surface area contributed by atoms with Crippen LogP contribution in [0.2, 0.25) is 0 Å². The fourth-order valence-corrected chi connectivity index (χ4v) is 3.07. The van der Waals surface area contributed by atoms with Crippen molar-refractivity contribution in [3.63, 3.8) is 0 Å². The molecule has 0 aliphatic carbocycles. The molecule has 0 saturated heterocycles. The molecule has 1 aromatic rings. The third kappa shape index (κ3) is 5.19. The minimum absolute atomic E-state index is 0.853. The van der Waals surface area contributed by atoms with E-state index in [1.165, 1.54) is 32.1 Å². The first-order valence-corrected chi connectivity index (χ1v) is 8.04. The molecule has 1 rings (SSSR count). The summed E-state index contributed by atoms with van der Waals surface area (Å²) < 4.78 is 7.31. The van der Waals surface area contributed by atoms with E-state index in [1.807, 2.05) is 12.1 Å². The van der Waals surface area contributed by atoms with E-state index in [4.69, 9.17) is 4.74 Å². The lowest BCUT2D eigenvalue weighted by atomic mass is 10.1. The first kappa shape index (κ1) is 15.8. The van der Waals surface area contributed by atoms with Gasteiger partial charge in [-0.15, -0.1) is 0 Å². The molecule has 2 nitrogen and oxygen atoms in total. The van der Waals surface area contributed by atoms with Gasteiger partial charge in [0, 0.05) is 17.1 Å². The van der Waals surface area contributed by atoms with Gasteiger partial charge in [-0.25, -0.2) is 0 Å². The van der Waals surface area contributed by atoms with E-state index in [-0.39, 0.29) is 0 Å². The standard InChI is InChI=1S/C14H21Br2NO/c1-3-4-5-6-7-8-17-13-10-14(18-2)12(16)9-11(13)15/h9-10,17H,3-8H2,1-2H3. The second-order valence-corrected chi connectivity index (χ2v) is 6.02. The minimum Gasteiger partial charge on any atom is -0.495 e. The van der Waals surface area contributed by atoms with E-state index in [2.05, 4.69) is 44.1 Å². The molecular formula is C14H21Br2NO. The van der Waals surface area contributed by atoms with E-state index in [1.54, 1.807) is 7.11 Å². The van der Waals surface area contributed by atoms with Crippen LogP contribution in [0.15, 0.2) is 21.1 Å². The summed E-state index contributed by atoms with van der Waals surface area (Å²) in [6.45, 7) is 3.25. The van der Waals surface area contributed by atoms with Gasteiger partial charge in [-0.2, -0.15) is 0 Å². The highest BCUT2D eigenvalue weighted by Gasteiger charge is 2.06. The van der Waals surface area contributed by atoms with E-state index >= 15 is 0 Å². The van der Waals surface area contributed by atoms with Gasteiger partial charge in [0.15, 0.2) is 0 Å². The maximum atomic E-state index is 5.29. The van der Waals surface area contributed by atoms with E-state index in [0.29, 0.717) is 0 Å². The number of anilines is 1. The Hall–Kier alpha value is -0.220. The number of rotatable bonds is 8. The number of unbranched alkanes of at least 4 members (excludes halogenated alkanes) is 4. The predicted molar refractivity (Wildman–Crippen MR) is 85.6 cm³/mol. The van der Waals surface area contributed by atoms with Crippen molar-refractivity contribution < 1.29 is 4.74 Å². The van der Waals surface area contributed by atoms with Crippen LogP contribution in [0.5, 0.6) is 5.75 Å². The molecule has 0 atom stereocenters. The van der Waals surface area contributed by atoms with Crippen LogP contribution < -0.4 is 10.1 Å². The molecule has 0 spiro atoms. The molecule has 0 fully saturated rings. The normalized spacial score (nSPS) is 10.4. The lowest BCUT2D eigenvalue weighted by molar-refractivity contribution is 0.412. The van der Waals surface area contributed by atoms with Crippen molar-refractivity contribution in [2.24, 2.45) is 0 Å². The second-order valence-electron chi connectivity index (χ2n) is 4.31. The molecule has 18 heavy (non-hydrogen) atoms. The molecule has 0 bridgehead atoms. The van der Waals surface area contributed by atoms with E-state index in [9.17, 15) is 0 Å². The van der Waals surface area contributed by atoms with Crippen LogP contribution in [0.25, 0.3) is 0 Å². The van der Waals surface area contributed by atoms with Crippen molar-refractivity contribution in [1.29, 1.82) is 0 Å². The highest BCUT2D eigenvalue weighted by atomic mass is 79.9. The minimum atomic E-state index is 0.853. The zero-order valence-corrected chi connectivity index (χ0v) is 14.2. The van der Waals surface area contributed by atoms with Crippen LogP contribution >= 0.6 is 31.9 Å². The summed E-state index contributed by atoms with van der Waals surface area (Å²) in [4.78, 5) is 0. The molecule has 0 unspecified atom stereocenters. The first-order chi connectivity index (χ1) is 8.69. The summed E-state index contributed by atoms with van der Waals surface area (Å²) in [5, 5.41) is 3.44. The third-order valence-electron chi connectivity index (χ3n) is 2.84. The lowest BCUT2D eigenvalue weighted by Crippen LogP contribution is -2.02. The van der Waals surface area contributed by atoms with Crippen LogP contribution in [-0.2, 0) is 0 Å². The van der Waals surface area contributed by atoms with Crippen LogP contribution in [0.1, 0.15) is 39.0 Å². The van der Waals surface area contributed by atoms with Crippen molar-refractivity contribution in [3.8, 4) is 5.75 Å². The quantitative estimate of drug-likeness (QED) is 0.594. The maximum absolute atomic E-state index is 5.29.